The van der Waals surface area contributed by atoms with Crippen molar-refractivity contribution in [3.05, 3.63) is 75.6 Å². The monoisotopic (exact) mass is 330 g/mol. The number of aromatic nitrogens is 2. The first kappa shape index (κ1) is 16.0. The van der Waals surface area contributed by atoms with Gasteiger partial charge in [-0.05, 0) is 13.8 Å². The van der Waals surface area contributed by atoms with Crippen molar-refractivity contribution in [2.75, 3.05) is 0 Å². The summed E-state index contributed by atoms with van der Waals surface area (Å²) in [5.41, 5.74) is 0.945. The van der Waals surface area contributed by atoms with Crippen LogP contribution in [-0.4, -0.2) is 9.97 Å². The summed E-state index contributed by atoms with van der Waals surface area (Å²) < 4.78 is 41.7. The number of hydrogen-bond acceptors (Lipinski definition) is 2. The summed E-state index contributed by atoms with van der Waals surface area (Å²) in [6.07, 6.45) is 0. The minimum absolute atomic E-state index is 0.0912. The highest BCUT2D eigenvalue weighted by atomic mass is 19.1. The van der Waals surface area contributed by atoms with Crippen LogP contribution in [-0.2, 0) is 0 Å². The minimum atomic E-state index is -1.06. The predicted molar refractivity (Wildman–Crippen MR) is 85.1 cm³/mol. The molecule has 0 aliphatic rings. The first-order valence-corrected chi connectivity index (χ1v) is 7.19. The van der Waals surface area contributed by atoms with Gasteiger partial charge in [-0.15, -0.1) is 0 Å². The molecule has 1 heterocycles. The number of benzene rings is 2. The van der Waals surface area contributed by atoms with Gasteiger partial charge in [0.2, 0.25) is 0 Å². The topological polar surface area (TPSA) is 45.8 Å². The third-order valence-electron chi connectivity index (χ3n) is 3.70. The number of halogens is 3. The molecule has 3 rings (SSSR count). The maximum atomic E-state index is 14.2. The number of aromatic amines is 1. The summed E-state index contributed by atoms with van der Waals surface area (Å²) >= 11 is 0. The molecule has 0 atom stereocenters. The van der Waals surface area contributed by atoms with Crippen LogP contribution in [0.5, 0.6) is 0 Å². The van der Waals surface area contributed by atoms with Crippen molar-refractivity contribution in [3.63, 3.8) is 0 Å². The van der Waals surface area contributed by atoms with Crippen molar-refractivity contribution in [3.8, 4) is 22.4 Å². The Morgan fingerprint density at radius 2 is 1.50 bits per heavy atom. The largest absolute Gasteiger partial charge is 0.345 e. The maximum absolute atomic E-state index is 14.2. The van der Waals surface area contributed by atoms with Crippen molar-refractivity contribution < 1.29 is 13.2 Å². The summed E-state index contributed by atoms with van der Waals surface area (Å²) in [6.45, 7) is 3.40. The molecule has 3 aromatic rings. The minimum Gasteiger partial charge on any atom is -0.309 e. The number of nitrogens with zero attached hydrogens (tertiary/aromatic N) is 1. The smallest absolute Gasteiger partial charge is 0.309 e. The van der Waals surface area contributed by atoms with Crippen LogP contribution in [0.1, 0.15) is 11.3 Å². The summed E-state index contributed by atoms with van der Waals surface area (Å²) in [6, 6.07) is 8.21. The summed E-state index contributed by atoms with van der Waals surface area (Å²) in [4.78, 5) is 18.1. The maximum Gasteiger partial charge on any atom is 0.345 e. The molecule has 122 valence electrons. The summed E-state index contributed by atoms with van der Waals surface area (Å²) in [5.74, 6) is -3.13. The van der Waals surface area contributed by atoms with Crippen molar-refractivity contribution in [1.29, 1.82) is 0 Å². The van der Waals surface area contributed by atoms with Gasteiger partial charge in [-0.2, -0.15) is 4.98 Å². The third kappa shape index (κ3) is 2.82. The molecule has 0 bridgehead atoms. The first-order chi connectivity index (χ1) is 11.4. The van der Waals surface area contributed by atoms with Crippen LogP contribution in [0.25, 0.3) is 22.4 Å². The van der Waals surface area contributed by atoms with Gasteiger partial charge in [-0.25, -0.2) is 18.0 Å². The number of rotatable bonds is 2. The van der Waals surface area contributed by atoms with Crippen LogP contribution in [0.3, 0.4) is 0 Å². The molecule has 0 fully saturated rings. The van der Waals surface area contributed by atoms with Crippen molar-refractivity contribution in [2.45, 2.75) is 13.8 Å². The lowest BCUT2D eigenvalue weighted by Gasteiger charge is -2.13. The molecule has 0 saturated carbocycles. The predicted octanol–water partition coefficient (Wildman–Crippen LogP) is 4.14. The average molecular weight is 330 g/mol. The van der Waals surface area contributed by atoms with Gasteiger partial charge in [-0.3, -0.25) is 0 Å². The lowest BCUT2D eigenvalue weighted by atomic mass is 9.96. The second-order valence-electron chi connectivity index (χ2n) is 5.50. The number of nitrogens with one attached hydrogen (secondary N) is 1. The fraction of sp³-hybridized carbons (Fsp3) is 0.111. The van der Waals surface area contributed by atoms with Gasteiger partial charge in [0.1, 0.15) is 17.5 Å². The molecule has 1 aromatic heterocycles. The second-order valence-corrected chi connectivity index (χ2v) is 5.50. The number of aryl methyl sites for hydroxylation is 2. The zero-order valence-electron chi connectivity index (χ0n) is 13.0. The van der Waals surface area contributed by atoms with E-state index in [1.165, 1.54) is 6.92 Å². The molecule has 6 heteroatoms. The molecule has 2 aromatic carbocycles. The highest BCUT2D eigenvalue weighted by Crippen LogP contribution is 2.35. The lowest BCUT2D eigenvalue weighted by Crippen LogP contribution is -2.15. The Labute approximate surface area is 135 Å². The van der Waals surface area contributed by atoms with E-state index in [4.69, 9.17) is 0 Å². The Hall–Kier alpha value is -2.89. The standard InChI is InChI=1S/C18H13F3N2O/c1-9-3-5-11(6-4-9)17-15(10(2)22-18(24)23-17)16-13(20)7-12(19)8-14(16)21/h3-8H,1-2H3,(H,22,23,24). The Balaban J connectivity index is 2.37. The molecule has 0 radical (unpaired) electrons. The average Bonchev–Trinajstić information content (AvgIpc) is 2.49. The molecule has 0 aliphatic heterocycles. The quantitative estimate of drug-likeness (QED) is 0.768. The molecule has 1 N–H and O–H groups in total. The SMILES string of the molecule is Cc1ccc(-c2nc(=O)[nH]c(C)c2-c2c(F)cc(F)cc2F)cc1. The van der Waals surface area contributed by atoms with E-state index in [0.29, 0.717) is 17.7 Å². The highest BCUT2D eigenvalue weighted by molar-refractivity contribution is 5.82. The van der Waals surface area contributed by atoms with Crippen LogP contribution in [0.2, 0.25) is 0 Å². The second kappa shape index (κ2) is 5.96. The lowest BCUT2D eigenvalue weighted by molar-refractivity contribution is 0.547. The molecule has 0 spiro atoms. The fourth-order valence-corrected chi connectivity index (χ4v) is 2.59. The van der Waals surface area contributed by atoms with Crippen LogP contribution in [0.4, 0.5) is 13.2 Å². The molecule has 3 nitrogen and oxygen atoms in total. The molecule has 0 aliphatic carbocycles. The van der Waals surface area contributed by atoms with Gasteiger partial charge >= 0.3 is 5.69 Å². The van der Waals surface area contributed by atoms with E-state index in [9.17, 15) is 18.0 Å². The molecular formula is C18H13F3N2O. The number of H-pyrrole nitrogens is 1. The molecular weight excluding hydrogens is 317 g/mol. The van der Waals surface area contributed by atoms with Gasteiger partial charge in [0, 0.05) is 29.0 Å². The summed E-state index contributed by atoms with van der Waals surface area (Å²) in [7, 11) is 0. The van der Waals surface area contributed by atoms with E-state index in [1.54, 1.807) is 24.3 Å². The van der Waals surface area contributed by atoms with E-state index >= 15 is 0 Å². The Morgan fingerprint density at radius 3 is 2.08 bits per heavy atom. The van der Waals surface area contributed by atoms with E-state index in [-0.39, 0.29) is 17.0 Å². The zero-order chi connectivity index (χ0) is 17.4. The Bertz CT molecular complexity index is 956. The van der Waals surface area contributed by atoms with Gasteiger partial charge < -0.3 is 4.98 Å². The van der Waals surface area contributed by atoms with E-state index < -0.39 is 28.7 Å². The van der Waals surface area contributed by atoms with Crippen LogP contribution in [0.15, 0.2) is 41.2 Å². The Kier molecular flexibility index (Phi) is 3.97. The van der Waals surface area contributed by atoms with Crippen molar-refractivity contribution in [2.24, 2.45) is 0 Å². The zero-order valence-corrected chi connectivity index (χ0v) is 13.0. The van der Waals surface area contributed by atoms with Crippen molar-refractivity contribution in [1.82, 2.24) is 9.97 Å². The van der Waals surface area contributed by atoms with E-state index in [2.05, 4.69) is 9.97 Å². The first-order valence-electron chi connectivity index (χ1n) is 7.19. The van der Waals surface area contributed by atoms with Gasteiger partial charge in [0.05, 0.1) is 11.3 Å². The Morgan fingerprint density at radius 1 is 0.917 bits per heavy atom. The van der Waals surface area contributed by atoms with Gasteiger partial charge in [0.25, 0.3) is 0 Å². The normalized spacial score (nSPS) is 10.9. The highest BCUT2D eigenvalue weighted by Gasteiger charge is 2.21. The van der Waals surface area contributed by atoms with Crippen molar-refractivity contribution >= 4 is 0 Å². The molecule has 24 heavy (non-hydrogen) atoms. The van der Waals surface area contributed by atoms with Crippen LogP contribution in [0, 0.1) is 31.3 Å². The summed E-state index contributed by atoms with van der Waals surface area (Å²) in [5, 5.41) is 0. The molecule has 0 saturated heterocycles. The van der Waals surface area contributed by atoms with E-state index in [0.717, 1.165) is 5.56 Å². The van der Waals surface area contributed by atoms with E-state index in [1.807, 2.05) is 6.92 Å². The van der Waals surface area contributed by atoms with Crippen LogP contribution < -0.4 is 5.69 Å². The fourth-order valence-electron chi connectivity index (χ4n) is 2.59. The van der Waals surface area contributed by atoms with Gasteiger partial charge in [-0.1, -0.05) is 29.8 Å². The van der Waals surface area contributed by atoms with Gasteiger partial charge in [0.15, 0.2) is 0 Å². The van der Waals surface area contributed by atoms with Crippen LogP contribution >= 0.6 is 0 Å². The molecule has 0 unspecified atom stereocenters. The molecule has 0 amide bonds. The number of hydrogen-bond donors (Lipinski definition) is 1. The third-order valence-corrected chi connectivity index (χ3v) is 3.70.